The van der Waals surface area contributed by atoms with E-state index >= 15 is 0 Å². The lowest BCUT2D eigenvalue weighted by Crippen LogP contribution is -2.36. The molecule has 60 valence electrons. The second-order valence-corrected chi connectivity index (χ2v) is 4.29. The van der Waals surface area contributed by atoms with Crippen molar-refractivity contribution >= 4 is 22.6 Å². The molecule has 0 N–H and O–H groups in total. The highest BCUT2D eigenvalue weighted by atomic mass is 127. The zero-order chi connectivity index (χ0) is 7.99. The molecular weight excluding hydrogens is 258 g/mol. The predicted molar refractivity (Wildman–Crippen MR) is 40.3 cm³/mol. The lowest BCUT2D eigenvalue weighted by Gasteiger charge is -2.17. The van der Waals surface area contributed by atoms with Crippen LogP contribution in [0.15, 0.2) is 0 Å². The zero-order valence-corrected chi connectivity index (χ0v) is 7.53. The number of hydrogen-bond donors (Lipinski definition) is 0. The normalized spacial score (nSPS) is 40.5. The van der Waals surface area contributed by atoms with Gasteiger partial charge in [-0.15, -0.1) is 0 Å². The van der Waals surface area contributed by atoms with Crippen molar-refractivity contribution in [2.75, 3.05) is 20.1 Å². The van der Waals surface area contributed by atoms with Crippen LogP contribution in [0.2, 0.25) is 0 Å². The third-order valence-electron chi connectivity index (χ3n) is 1.47. The van der Waals surface area contributed by atoms with Gasteiger partial charge in [0.05, 0.1) is 6.54 Å². The van der Waals surface area contributed by atoms with E-state index in [1.165, 1.54) is 34.5 Å². The van der Waals surface area contributed by atoms with Gasteiger partial charge >= 0.3 is 5.92 Å². The molecule has 1 atom stereocenters. The Morgan fingerprint density at radius 1 is 1.30 bits per heavy atom. The molecule has 0 aromatic heterocycles. The minimum Gasteiger partial charge on any atom is -0.296 e. The Morgan fingerprint density at radius 2 is 1.80 bits per heavy atom. The SMILES string of the molecule is CN1CC(F)(F)C(F)(I)C1. The third-order valence-corrected chi connectivity index (χ3v) is 2.60. The first kappa shape index (κ1) is 8.58. The maximum absolute atomic E-state index is 12.8. The molecule has 1 rings (SSSR count). The molecule has 10 heavy (non-hydrogen) atoms. The van der Waals surface area contributed by atoms with E-state index in [-0.39, 0.29) is 6.54 Å². The van der Waals surface area contributed by atoms with Gasteiger partial charge in [-0.3, -0.25) is 4.90 Å². The van der Waals surface area contributed by atoms with Gasteiger partial charge in [0.15, 0.2) is 0 Å². The molecule has 1 fully saturated rings. The minimum absolute atomic E-state index is 0.194. The lowest BCUT2D eigenvalue weighted by atomic mass is 10.3. The molecule has 0 aliphatic carbocycles. The van der Waals surface area contributed by atoms with Gasteiger partial charge in [0.25, 0.3) is 0 Å². The molecule has 0 bridgehead atoms. The van der Waals surface area contributed by atoms with E-state index in [0.29, 0.717) is 0 Å². The molecular formula is C5H7F3IN. The van der Waals surface area contributed by atoms with Crippen LogP contribution in [0.1, 0.15) is 0 Å². The van der Waals surface area contributed by atoms with Crippen molar-refractivity contribution in [3.63, 3.8) is 0 Å². The fourth-order valence-electron chi connectivity index (χ4n) is 0.965. The van der Waals surface area contributed by atoms with Crippen LogP contribution in [0, 0.1) is 0 Å². The summed E-state index contributed by atoms with van der Waals surface area (Å²) in [6, 6.07) is 0. The van der Waals surface area contributed by atoms with Crippen LogP contribution >= 0.6 is 22.6 Å². The molecule has 5 heteroatoms. The van der Waals surface area contributed by atoms with E-state index in [1.807, 2.05) is 0 Å². The fourth-order valence-corrected chi connectivity index (χ4v) is 1.72. The average molecular weight is 265 g/mol. The molecule has 1 unspecified atom stereocenters. The quantitative estimate of drug-likeness (QED) is 0.475. The van der Waals surface area contributed by atoms with E-state index in [4.69, 9.17) is 0 Å². The number of likely N-dealkylation sites (tertiary alicyclic amines) is 1. The van der Waals surface area contributed by atoms with Crippen LogP contribution in [0.3, 0.4) is 0 Å². The smallest absolute Gasteiger partial charge is 0.296 e. The first-order chi connectivity index (χ1) is 4.35. The van der Waals surface area contributed by atoms with Crippen molar-refractivity contribution in [2.24, 2.45) is 0 Å². The first-order valence-corrected chi connectivity index (χ1v) is 3.87. The number of nitrogens with zero attached hydrogens (tertiary/aromatic N) is 1. The number of halogens is 4. The monoisotopic (exact) mass is 265 g/mol. The molecule has 1 saturated heterocycles. The predicted octanol–water partition coefficient (Wildman–Crippen LogP) is 1.67. The van der Waals surface area contributed by atoms with Crippen LogP contribution in [0.25, 0.3) is 0 Å². The molecule has 1 aliphatic rings. The molecule has 1 aliphatic heterocycles. The van der Waals surface area contributed by atoms with E-state index < -0.39 is 16.1 Å². The van der Waals surface area contributed by atoms with Crippen LogP contribution in [-0.2, 0) is 0 Å². The summed E-state index contributed by atoms with van der Waals surface area (Å²) in [4.78, 5) is 1.28. The van der Waals surface area contributed by atoms with Gasteiger partial charge in [-0.1, -0.05) is 0 Å². The van der Waals surface area contributed by atoms with Crippen LogP contribution < -0.4 is 0 Å². The van der Waals surface area contributed by atoms with E-state index in [9.17, 15) is 13.2 Å². The van der Waals surface area contributed by atoms with E-state index in [0.717, 1.165) is 0 Å². The molecule has 0 spiro atoms. The fraction of sp³-hybridized carbons (Fsp3) is 1.00. The first-order valence-electron chi connectivity index (χ1n) is 2.79. The van der Waals surface area contributed by atoms with Crippen LogP contribution in [0.5, 0.6) is 0 Å². The van der Waals surface area contributed by atoms with Crippen molar-refractivity contribution in [3.8, 4) is 0 Å². The lowest BCUT2D eigenvalue weighted by molar-refractivity contribution is -0.0468. The van der Waals surface area contributed by atoms with Crippen molar-refractivity contribution in [2.45, 2.75) is 9.60 Å². The van der Waals surface area contributed by atoms with Crippen molar-refractivity contribution < 1.29 is 13.2 Å². The molecule has 0 amide bonds. The van der Waals surface area contributed by atoms with Gasteiger partial charge < -0.3 is 0 Å². The number of rotatable bonds is 0. The van der Waals surface area contributed by atoms with E-state index in [2.05, 4.69) is 0 Å². The van der Waals surface area contributed by atoms with Gasteiger partial charge in [-0.05, 0) is 29.6 Å². The third kappa shape index (κ3) is 1.25. The topological polar surface area (TPSA) is 3.24 Å². The van der Waals surface area contributed by atoms with Gasteiger partial charge in [-0.25, -0.2) is 13.2 Å². The summed E-state index contributed by atoms with van der Waals surface area (Å²) >= 11 is 1.17. The number of hydrogen-bond acceptors (Lipinski definition) is 1. The van der Waals surface area contributed by atoms with Gasteiger partial charge in [0.1, 0.15) is 0 Å². The molecule has 1 heterocycles. The highest BCUT2D eigenvalue weighted by Crippen LogP contribution is 2.43. The Balaban J connectivity index is 2.78. The van der Waals surface area contributed by atoms with Gasteiger partial charge in [-0.2, -0.15) is 0 Å². The maximum atomic E-state index is 12.8. The summed E-state index contributed by atoms with van der Waals surface area (Å²) in [5.74, 6) is -3.19. The summed E-state index contributed by atoms with van der Waals surface area (Å²) in [6.07, 6.45) is 0. The van der Waals surface area contributed by atoms with Crippen LogP contribution in [-0.4, -0.2) is 34.6 Å². The van der Waals surface area contributed by atoms with Gasteiger partial charge in [0, 0.05) is 6.54 Å². The molecule has 1 nitrogen and oxygen atoms in total. The Bertz CT molecular complexity index is 132. The van der Waals surface area contributed by atoms with Crippen molar-refractivity contribution in [3.05, 3.63) is 0 Å². The second kappa shape index (κ2) is 2.23. The molecule has 0 radical (unpaired) electrons. The Labute approximate surface area is 70.7 Å². The minimum atomic E-state index is -3.19. The Morgan fingerprint density at radius 3 is 1.90 bits per heavy atom. The standard InChI is InChI=1S/C5H7F3IN/c1-10-2-4(6,7)5(8,9)3-10/h2-3H2,1H3. The summed E-state index contributed by atoms with van der Waals surface area (Å²) in [5.41, 5.74) is 0. The van der Waals surface area contributed by atoms with Crippen LogP contribution in [0.4, 0.5) is 13.2 Å². The van der Waals surface area contributed by atoms with Crippen molar-refractivity contribution in [1.82, 2.24) is 4.90 Å². The summed E-state index contributed by atoms with van der Waals surface area (Å²) < 4.78 is 35.6. The van der Waals surface area contributed by atoms with Crippen molar-refractivity contribution in [1.29, 1.82) is 0 Å². The highest BCUT2D eigenvalue weighted by Gasteiger charge is 2.59. The summed E-state index contributed by atoms with van der Waals surface area (Å²) in [7, 11) is 1.48. The second-order valence-electron chi connectivity index (χ2n) is 2.58. The summed E-state index contributed by atoms with van der Waals surface area (Å²) in [5, 5.41) is 0. The molecule has 0 aromatic rings. The summed E-state index contributed by atoms with van der Waals surface area (Å²) in [6.45, 7) is -0.674. The average Bonchev–Trinajstić information content (AvgIpc) is 1.73. The highest BCUT2D eigenvalue weighted by molar-refractivity contribution is 14.1. The number of alkyl halides is 4. The zero-order valence-electron chi connectivity index (χ0n) is 5.37. The Kier molecular flexibility index (Phi) is 1.91. The van der Waals surface area contributed by atoms with Gasteiger partial charge in [0.2, 0.25) is 3.68 Å². The molecule has 0 saturated carbocycles. The van der Waals surface area contributed by atoms with E-state index in [1.54, 1.807) is 0 Å². The molecule has 0 aromatic carbocycles. The Hall–Kier alpha value is 0.480. The largest absolute Gasteiger partial charge is 0.304 e. The maximum Gasteiger partial charge on any atom is 0.304 e.